The van der Waals surface area contributed by atoms with Crippen LogP contribution in [0.5, 0.6) is 0 Å². The van der Waals surface area contributed by atoms with Gasteiger partial charge in [-0.25, -0.2) is 13.1 Å². The molecule has 1 atom stereocenters. The second-order valence-electron chi connectivity index (χ2n) is 5.91. The lowest BCUT2D eigenvalue weighted by Gasteiger charge is -2.23. The van der Waals surface area contributed by atoms with Gasteiger partial charge in [0, 0.05) is 6.54 Å². The fourth-order valence-electron chi connectivity index (χ4n) is 2.49. The minimum absolute atomic E-state index is 0. The Hall–Kier alpha value is -0.330. The minimum Gasteiger partial charge on any atom is -0.316 e. The molecule has 1 heterocycles. The Balaban J connectivity index is 0.00000242. The van der Waals surface area contributed by atoms with E-state index in [4.69, 9.17) is 11.6 Å². The molecule has 22 heavy (non-hydrogen) atoms. The highest BCUT2D eigenvalue weighted by molar-refractivity contribution is 7.89. The summed E-state index contributed by atoms with van der Waals surface area (Å²) in [6.45, 7) is 6.40. The molecule has 2 N–H and O–H groups in total. The molecule has 0 aromatic heterocycles. The van der Waals surface area contributed by atoms with Gasteiger partial charge in [0.05, 0.1) is 5.02 Å². The van der Waals surface area contributed by atoms with Gasteiger partial charge in [0.25, 0.3) is 0 Å². The maximum atomic E-state index is 12.5. The van der Waals surface area contributed by atoms with Gasteiger partial charge in [-0.1, -0.05) is 31.5 Å². The first-order valence-electron chi connectivity index (χ1n) is 7.40. The van der Waals surface area contributed by atoms with Crippen molar-refractivity contribution in [1.29, 1.82) is 0 Å². The van der Waals surface area contributed by atoms with Crippen molar-refractivity contribution < 1.29 is 8.42 Å². The van der Waals surface area contributed by atoms with Crippen molar-refractivity contribution in [1.82, 2.24) is 10.0 Å². The van der Waals surface area contributed by atoms with E-state index >= 15 is 0 Å². The number of sulfonamides is 1. The number of rotatable bonds is 5. The fraction of sp³-hybridized carbons (Fsp3) is 0.600. The van der Waals surface area contributed by atoms with E-state index in [0.29, 0.717) is 12.5 Å². The Morgan fingerprint density at radius 2 is 2.14 bits per heavy atom. The van der Waals surface area contributed by atoms with Gasteiger partial charge >= 0.3 is 0 Å². The molecule has 1 aliphatic heterocycles. The van der Waals surface area contributed by atoms with Gasteiger partial charge in [-0.2, -0.15) is 0 Å². The van der Waals surface area contributed by atoms with E-state index in [9.17, 15) is 8.42 Å². The largest absolute Gasteiger partial charge is 0.316 e. The Morgan fingerprint density at radius 3 is 2.73 bits per heavy atom. The van der Waals surface area contributed by atoms with Crippen molar-refractivity contribution in [3.05, 3.63) is 28.8 Å². The molecular formula is C15H24Cl2N2O2S. The first-order chi connectivity index (χ1) is 9.90. The second-order valence-corrected chi connectivity index (χ2v) is 8.05. The summed E-state index contributed by atoms with van der Waals surface area (Å²) in [6, 6.07) is 5.21. The summed E-state index contributed by atoms with van der Waals surface area (Å²) < 4.78 is 27.6. The van der Waals surface area contributed by atoms with E-state index < -0.39 is 10.0 Å². The van der Waals surface area contributed by atoms with Gasteiger partial charge in [0.2, 0.25) is 10.0 Å². The Kier molecular flexibility index (Phi) is 7.62. The van der Waals surface area contributed by atoms with E-state index in [0.717, 1.165) is 31.5 Å². The molecule has 126 valence electrons. The molecule has 0 spiro atoms. The fourth-order valence-corrected chi connectivity index (χ4v) is 4.14. The summed E-state index contributed by atoms with van der Waals surface area (Å²) in [6.07, 6.45) is 2.14. The molecule has 1 saturated heterocycles. The molecule has 1 aromatic carbocycles. The summed E-state index contributed by atoms with van der Waals surface area (Å²) in [7, 11) is -3.56. The van der Waals surface area contributed by atoms with Crippen LogP contribution in [0.15, 0.2) is 23.1 Å². The molecular weight excluding hydrogens is 343 g/mol. The van der Waals surface area contributed by atoms with Crippen LogP contribution in [0.4, 0.5) is 0 Å². The van der Waals surface area contributed by atoms with E-state index in [1.165, 1.54) is 0 Å². The molecule has 1 aliphatic rings. The summed E-state index contributed by atoms with van der Waals surface area (Å²) >= 11 is 6.08. The number of hydrogen-bond donors (Lipinski definition) is 2. The highest BCUT2D eigenvalue weighted by Crippen LogP contribution is 2.26. The lowest BCUT2D eigenvalue weighted by molar-refractivity contribution is 0.376. The normalized spacial score (nSPS) is 19.0. The lowest BCUT2D eigenvalue weighted by atomic mass is 10.0. The number of piperidine rings is 1. The molecule has 1 unspecified atom stereocenters. The molecule has 4 nitrogen and oxygen atoms in total. The molecule has 0 aliphatic carbocycles. The maximum absolute atomic E-state index is 12.5. The molecule has 0 amide bonds. The Bertz CT molecular complexity index is 585. The predicted octanol–water partition coefficient (Wildman–Crippen LogP) is 3.16. The Labute approximate surface area is 144 Å². The van der Waals surface area contributed by atoms with Crippen molar-refractivity contribution in [3.63, 3.8) is 0 Å². The van der Waals surface area contributed by atoms with Crippen LogP contribution in [0, 0.1) is 5.92 Å². The van der Waals surface area contributed by atoms with E-state index in [1.807, 2.05) is 19.9 Å². The zero-order valence-corrected chi connectivity index (χ0v) is 15.3. The number of halogens is 2. The maximum Gasteiger partial charge on any atom is 0.242 e. The smallest absolute Gasteiger partial charge is 0.242 e. The first-order valence-corrected chi connectivity index (χ1v) is 9.26. The average molecular weight is 367 g/mol. The van der Waals surface area contributed by atoms with Crippen molar-refractivity contribution in [3.8, 4) is 0 Å². The predicted molar refractivity (Wildman–Crippen MR) is 93.6 cm³/mol. The quantitative estimate of drug-likeness (QED) is 0.841. The van der Waals surface area contributed by atoms with Gasteiger partial charge in [0.15, 0.2) is 0 Å². The summed E-state index contributed by atoms with van der Waals surface area (Å²) in [5, 5.41) is 3.56. The second kappa shape index (κ2) is 8.50. The van der Waals surface area contributed by atoms with Gasteiger partial charge < -0.3 is 5.32 Å². The molecule has 0 radical (unpaired) electrons. The third kappa shape index (κ3) is 5.10. The SMILES string of the molecule is CC(C)c1ccc(Cl)c(S(=O)(=O)NCC2CCCNC2)c1.Cl. The highest BCUT2D eigenvalue weighted by atomic mass is 35.5. The Morgan fingerprint density at radius 1 is 1.41 bits per heavy atom. The monoisotopic (exact) mass is 366 g/mol. The number of benzene rings is 1. The average Bonchev–Trinajstić information content (AvgIpc) is 2.46. The third-order valence-corrected chi connectivity index (χ3v) is 5.78. The van der Waals surface area contributed by atoms with Crippen LogP contribution < -0.4 is 10.0 Å². The summed E-state index contributed by atoms with van der Waals surface area (Å²) in [5.74, 6) is 0.611. The molecule has 0 bridgehead atoms. The first kappa shape index (κ1) is 19.7. The van der Waals surface area contributed by atoms with Crippen LogP contribution >= 0.6 is 24.0 Å². The number of hydrogen-bond acceptors (Lipinski definition) is 3. The summed E-state index contributed by atoms with van der Waals surface area (Å²) in [5.41, 5.74) is 0.971. The van der Waals surface area contributed by atoms with Gasteiger partial charge in [-0.3, -0.25) is 0 Å². The zero-order valence-electron chi connectivity index (χ0n) is 12.9. The topological polar surface area (TPSA) is 58.2 Å². The van der Waals surface area contributed by atoms with Gasteiger partial charge in [-0.15, -0.1) is 12.4 Å². The van der Waals surface area contributed by atoms with E-state index in [-0.39, 0.29) is 28.2 Å². The van der Waals surface area contributed by atoms with E-state index in [1.54, 1.807) is 12.1 Å². The van der Waals surface area contributed by atoms with Gasteiger partial charge in [0.1, 0.15) is 4.90 Å². The van der Waals surface area contributed by atoms with Crippen LogP contribution in [0.3, 0.4) is 0 Å². The van der Waals surface area contributed by atoms with E-state index in [2.05, 4.69) is 10.0 Å². The molecule has 0 saturated carbocycles. The highest BCUT2D eigenvalue weighted by Gasteiger charge is 2.21. The number of nitrogens with one attached hydrogen (secondary N) is 2. The molecule has 2 rings (SSSR count). The van der Waals surface area contributed by atoms with Crippen molar-refractivity contribution in [2.75, 3.05) is 19.6 Å². The van der Waals surface area contributed by atoms with Crippen LogP contribution in [0.25, 0.3) is 0 Å². The lowest BCUT2D eigenvalue weighted by Crippen LogP contribution is -2.38. The molecule has 1 fully saturated rings. The van der Waals surface area contributed by atoms with Crippen LogP contribution in [0.1, 0.15) is 38.2 Å². The standard InChI is InChI=1S/C15H23ClN2O2S.ClH/c1-11(2)13-5-6-14(16)15(8-13)21(19,20)18-10-12-4-3-7-17-9-12;/h5-6,8,11-12,17-18H,3-4,7,9-10H2,1-2H3;1H. The van der Waals surface area contributed by atoms with Crippen molar-refractivity contribution in [2.24, 2.45) is 5.92 Å². The van der Waals surface area contributed by atoms with Crippen molar-refractivity contribution >= 4 is 34.0 Å². The van der Waals surface area contributed by atoms with Gasteiger partial charge in [-0.05, 0) is 55.5 Å². The third-order valence-electron chi connectivity index (χ3n) is 3.87. The molecule has 1 aromatic rings. The zero-order chi connectivity index (χ0) is 15.5. The van der Waals surface area contributed by atoms with Crippen LogP contribution in [-0.4, -0.2) is 28.1 Å². The van der Waals surface area contributed by atoms with Crippen LogP contribution in [0.2, 0.25) is 5.02 Å². The molecule has 7 heteroatoms. The minimum atomic E-state index is -3.56. The summed E-state index contributed by atoms with van der Waals surface area (Å²) in [4.78, 5) is 0.180. The van der Waals surface area contributed by atoms with Crippen molar-refractivity contribution in [2.45, 2.75) is 37.5 Å². The van der Waals surface area contributed by atoms with Crippen LogP contribution in [-0.2, 0) is 10.0 Å².